The van der Waals surface area contributed by atoms with Crippen molar-refractivity contribution in [3.8, 4) is 5.75 Å². The summed E-state index contributed by atoms with van der Waals surface area (Å²) in [5, 5.41) is 8.65. The highest BCUT2D eigenvalue weighted by atomic mass is 19.1. The Morgan fingerprint density at radius 1 is 1.54 bits per heavy atom. The Bertz CT molecular complexity index is 286. The number of hydrogen-bond acceptors (Lipinski definition) is 2. The fourth-order valence-corrected chi connectivity index (χ4v) is 1.18. The summed E-state index contributed by atoms with van der Waals surface area (Å²) in [5.74, 6) is 0.488. The van der Waals surface area contributed by atoms with Crippen LogP contribution < -0.4 is 4.74 Å². The molecule has 0 saturated heterocycles. The van der Waals surface area contributed by atoms with Gasteiger partial charge < -0.3 is 9.84 Å². The summed E-state index contributed by atoms with van der Waals surface area (Å²) in [7, 11) is 1.49. The zero-order valence-corrected chi connectivity index (χ0v) is 7.75. The number of ether oxygens (including phenoxy) is 1. The molecular weight excluding hydrogens is 171 g/mol. The third-order valence-corrected chi connectivity index (χ3v) is 1.89. The molecule has 1 aromatic carbocycles. The van der Waals surface area contributed by atoms with Crippen molar-refractivity contribution in [2.45, 2.75) is 13.1 Å². The van der Waals surface area contributed by atoms with Gasteiger partial charge in [0, 0.05) is 5.56 Å². The van der Waals surface area contributed by atoms with Crippen LogP contribution in [0.2, 0.25) is 0 Å². The van der Waals surface area contributed by atoms with Crippen LogP contribution in [0.5, 0.6) is 5.75 Å². The van der Waals surface area contributed by atoms with Crippen LogP contribution in [-0.2, 0) is 0 Å². The number of hydrogen-bond donors (Lipinski definition) is 1. The van der Waals surface area contributed by atoms with Gasteiger partial charge in [0.05, 0.1) is 13.7 Å². The lowest BCUT2D eigenvalue weighted by atomic mass is 10.1. The molecule has 0 aromatic heterocycles. The highest BCUT2D eigenvalue weighted by Crippen LogP contribution is 2.28. The Morgan fingerprint density at radius 2 is 2.23 bits per heavy atom. The Balaban J connectivity index is 3.05. The second kappa shape index (κ2) is 4.23. The third-order valence-electron chi connectivity index (χ3n) is 1.89. The summed E-state index contributed by atoms with van der Waals surface area (Å²) < 4.78 is 18.1. The summed E-state index contributed by atoms with van der Waals surface area (Å²) in [6.07, 6.45) is -1.37. The van der Waals surface area contributed by atoms with Crippen molar-refractivity contribution < 1.29 is 14.2 Å². The van der Waals surface area contributed by atoms with E-state index in [9.17, 15) is 4.39 Å². The first-order chi connectivity index (χ1) is 6.19. The minimum Gasteiger partial charge on any atom is -0.496 e. The number of rotatable bonds is 3. The maximum atomic E-state index is 13.1. The molecule has 0 spiro atoms. The summed E-state index contributed by atoms with van der Waals surface area (Å²) in [6.45, 7) is 1.39. The Hall–Kier alpha value is -1.09. The highest BCUT2D eigenvalue weighted by Gasteiger charge is 2.13. The lowest BCUT2D eigenvalue weighted by molar-refractivity contribution is 0.176. The van der Waals surface area contributed by atoms with Crippen LogP contribution in [0.15, 0.2) is 18.2 Å². The molecule has 1 N–H and O–H groups in total. The van der Waals surface area contributed by atoms with Crippen LogP contribution in [-0.4, -0.2) is 18.8 Å². The molecule has 0 aliphatic rings. The van der Waals surface area contributed by atoms with Crippen LogP contribution in [0.1, 0.15) is 17.3 Å². The van der Waals surface area contributed by atoms with Crippen molar-refractivity contribution in [3.63, 3.8) is 0 Å². The standard InChI is InChI=1S/C10H13FO2/c1-7-3-4-8(9(11)6-12)10(5-7)13-2/h3-5,9,12H,6H2,1-2H3. The van der Waals surface area contributed by atoms with Gasteiger partial charge in [-0.1, -0.05) is 12.1 Å². The molecule has 0 aliphatic heterocycles. The van der Waals surface area contributed by atoms with E-state index in [1.165, 1.54) is 7.11 Å². The number of aryl methyl sites for hydroxylation is 1. The van der Waals surface area contributed by atoms with Crippen molar-refractivity contribution >= 4 is 0 Å². The first kappa shape index (κ1) is 9.99. The van der Waals surface area contributed by atoms with Gasteiger partial charge >= 0.3 is 0 Å². The number of aliphatic hydroxyl groups excluding tert-OH is 1. The predicted molar refractivity (Wildman–Crippen MR) is 48.7 cm³/mol. The fourth-order valence-electron chi connectivity index (χ4n) is 1.18. The van der Waals surface area contributed by atoms with Crippen LogP contribution in [0.3, 0.4) is 0 Å². The number of methoxy groups -OCH3 is 1. The molecule has 2 nitrogen and oxygen atoms in total. The molecule has 0 heterocycles. The van der Waals surface area contributed by atoms with Crippen molar-refractivity contribution in [1.82, 2.24) is 0 Å². The summed E-state index contributed by atoms with van der Waals surface area (Å²) in [6, 6.07) is 5.17. The molecule has 0 aliphatic carbocycles. The van der Waals surface area contributed by atoms with Gasteiger partial charge in [0.25, 0.3) is 0 Å². The molecule has 0 radical (unpaired) electrons. The fraction of sp³-hybridized carbons (Fsp3) is 0.400. The summed E-state index contributed by atoms with van der Waals surface area (Å²) in [4.78, 5) is 0. The van der Waals surface area contributed by atoms with Gasteiger partial charge in [-0.2, -0.15) is 0 Å². The Labute approximate surface area is 77.0 Å². The van der Waals surface area contributed by atoms with Gasteiger partial charge in [0.2, 0.25) is 0 Å². The number of halogens is 1. The van der Waals surface area contributed by atoms with E-state index in [1.54, 1.807) is 18.2 Å². The van der Waals surface area contributed by atoms with E-state index in [0.717, 1.165) is 5.56 Å². The largest absolute Gasteiger partial charge is 0.496 e. The predicted octanol–water partition coefficient (Wildman–Crippen LogP) is 2.01. The first-order valence-corrected chi connectivity index (χ1v) is 4.08. The van der Waals surface area contributed by atoms with Gasteiger partial charge in [-0.25, -0.2) is 4.39 Å². The van der Waals surface area contributed by atoms with Gasteiger partial charge in [-0.05, 0) is 18.6 Å². The van der Waals surface area contributed by atoms with E-state index in [0.29, 0.717) is 11.3 Å². The SMILES string of the molecule is COc1cc(C)ccc1C(F)CO. The molecule has 1 atom stereocenters. The minimum atomic E-state index is -1.37. The van der Waals surface area contributed by atoms with Crippen LogP contribution in [0.25, 0.3) is 0 Å². The molecule has 0 bridgehead atoms. The van der Waals surface area contributed by atoms with E-state index in [-0.39, 0.29) is 0 Å². The van der Waals surface area contributed by atoms with Gasteiger partial charge in [-0.3, -0.25) is 0 Å². The van der Waals surface area contributed by atoms with Crippen molar-refractivity contribution in [1.29, 1.82) is 0 Å². The van der Waals surface area contributed by atoms with Gasteiger partial charge in [0.15, 0.2) is 6.17 Å². The number of aliphatic hydroxyl groups is 1. The molecule has 13 heavy (non-hydrogen) atoms. The molecular formula is C10H13FO2. The second-order valence-electron chi connectivity index (χ2n) is 2.90. The number of alkyl halides is 1. The van der Waals surface area contributed by atoms with Crippen molar-refractivity contribution in [2.24, 2.45) is 0 Å². The molecule has 1 unspecified atom stereocenters. The average molecular weight is 184 g/mol. The van der Waals surface area contributed by atoms with Crippen LogP contribution >= 0.6 is 0 Å². The molecule has 1 aromatic rings. The molecule has 0 saturated carbocycles. The quantitative estimate of drug-likeness (QED) is 0.778. The maximum absolute atomic E-state index is 13.1. The molecule has 72 valence electrons. The minimum absolute atomic E-state index is 0.399. The number of benzene rings is 1. The highest BCUT2D eigenvalue weighted by molar-refractivity contribution is 5.38. The van der Waals surface area contributed by atoms with E-state index >= 15 is 0 Å². The monoisotopic (exact) mass is 184 g/mol. The zero-order valence-electron chi connectivity index (χ0n) is 7.75. The maximum Gasteiger partial charge on any atom is 0.152 e. The Morgan fingerprint density at radius 3 is 2.77 bits per heavy atom. The van der Waals surface area contributed by atoms with Gasteiger partial charge in [0.1, 0.15) is 5.75 Å². The molecule has 1 rings (SSSR count). The van der Waals surface area contributed by atoms with Crippen LogP contribution in [0.4, 0.5) is 4.39 Å². The summed E-state index contributed by atoms with van der Waals surface area (Å²) >= 11 is 0. The molecule has 0 amide bonds. The van der Waals surface area contributed by atoms with E-state index in [1.807, 2.05) is 6.92 Å². The second-order valence-corrected chi connectivity index (χ2v) is 2.90. The molecule has 0 fully saturated rings. The van der Waals surface area contributed by atoms with Crippen molar-refractivity contribution in [2.75, 3.05) is 13.7 Å². The lowest BCUT2D eigenvalue weighted by Gasteiger charge is -2.11. The van der Waals surface area contributed by atoms with E-state index in [2.05, 4.69) is 0 Å². The average Bonchev–Trinajstić information content (AvgIpc) is 2.16. The van der Waals surface area contributed by atoms with E-state index < -0.39 is 12.8 Å². The van der Waals surface area contributed by atoms with Crippen LogP contribution in [0, 0.1) is 6.92 Å². The van der Waals surface area contributed by atoms with Crippen molar-refractivity contribution in [3.05, 3.63) is 29.3 Å². The first-order valence-electron chi connectivity index (χ1n) is 4.08. The topological polar surface area (TPSA) is 29.5 Å². The Kier molecular flexibility index (Phi) is 3.25. The third kappa shape index (κ3) is 2.18. The lowest BCUT2D eigenvalue weighted by Crippen LogP contribution is -2.00. The normalized spacial score (nSPS) is 12.6. The summed E-state index contributed by atoms with van der Waals surface area (Å²) in [5.41, 5.74) is 1.40. The smallest absolute Gasteiger partial charge is 0.152 e. The molecule has 3 heteroatoms. The zero-order chi connectivity index (χ0) is 9.84. The van der Waals surface area contributed by atoms with Gasteiger partial charge in [-0.15, -0.1) is 0 Å². The van der Waals surface area contributed by atoms with E-state index in [4.69, 9.17) is 9.84 Å².